The lowest BCUT2D eigenvalue weighted by atomic mass is 10.0. The van der Waals surface area contributed by atoms with Crippen LogP contribution in [0.25, 0.3) is 10.9 Å². The van der Waals surface area contributed by atoms with Gasteiger partial charge in [-0.05, 0) is 37.6 Å². The Morgan fingerprint density at radius 2 is 1.91 bits per heavy atom. The average Bonchev–Trinajstić information content (AvgIpc) is 2.79. The lowest BCUT2D eigenvalue weighted by Gasteiger charge is -2.30. The highest BCUT2D eigenvalue weighted by Crippen LogP contribution is 2.30. The third-order valence-corrected chi connectivity index (χ3v) is 5.65. The number of aryl methyl sites for hydroxylation is 1. The van der Waals surface area contributed by atoms with E-state index in [4.69, 9.17) is 4.74 Å². The Balaban J connectivity index is 1.87. The van der Waals surface area contributed by atoms with Crippen LogP contribution in [0.1, 0.15) is 41.0 Å². The van der Waals surface area contributed by atoms with E-state index in [0.717, 1.165) is 0 Å². The van der Waals surface area contributed by atoms with Crippen molar-refractivity contribution < 1.29 is 23.4 Å². The minimum absolute atomic E-state index is 0.0856. The Morgan fingerprint density at radius 1 is 1.21 bits per heavy atom. The van der Waals surface area contributed by atoms with Crippen molar-refractivity contribution >= 4 is 28.5 Å². The lowest BCUT2D eigenvalue weighted by Crippen LogP contribution is -2.41. The number of morpholine rings is 1. The van der Waals surface area contributed by atoms with E-state index in [1.807, 2.05) is 13.0 Å². The number of benzene rings is 2. The molecule has 1 aliphatic rings. The number of ether oxygens (including phenoxy) is 1. The number of fused-ring (bicyclic) bond motifs is 1. The van der Waals surface area contributed by atoms with Crippen LogP contribution < -0.4 is 15.8 Å². The second-order valence-electron chi connectivity index (χ2n) is 7.93. The van der Waals surface area contributed by atoms with E-state index in [2.05, 4.69) is 10.3 Å². The molecular formula is C23H24F2N4O4. The number of anilines is 2. The quantitative estimate of drug-likeness (QED) is 0.580. The summed E-state index contributed by atoms with van der Waals surface area (Å²) in [5, 5.41) is 12.7. The first-order valence-corrected chi connectivity index (χ1v) is 10.5. The summed E-state index contributed by atoms with van der Waals surface area (Å²) in [4.78, 5) is 30.9. The van der Waals surface area contributed by atoms with Crippen LogP contribution in [-0.2, 0) is 4.74 Å². The van der Waals surface area contributed by atoms with Gasteiger partial charge in [-0.1, -0.05) is 18.2 Å². The molecule has 0 spiro atoms. The number of hydrogen-bond donors (Lipinski definition) is 2. The molecule has 1 saturated heterocycles. The molecule has 0 radical (unpaired) electrons. The molecule has 2 N–H and O–H groups in total. The Kier molecular flexibility index (Phi) is 6.28. The SMILES string of the molecule is Cc1cc([C@@H](C)Nc2ccccc2C(=O)O)c2nc(N3CCOCC3)n(C(F)F)c(=O)c2c1. The molecule has 2 aromatic carbocycles. The van der Waals surface area contributed by atoms with Gasteiger partial charge >= 0.3 is 12.5 Å². The second-order valence-corrected chi connectivity index (χ2v) is 7.93. The van der Waals surface area contributed by atoms with Crippen molar-refractivity contribution in [1.82, 2.24) is 9.55 Å². The number of rotatable bonds is 6. The van der Waals surface area contributed by atoms with Crippen molar-refractivity contribution in [3.63, 3.8) is 0 Å². The minimum atomic E-state index is -3.05. The predicted molar refractivity (Wildman–Crippen MR) is 120 cm³/mol. The van der Waals surface area contributed by atoms with Crippen molar-refractivity contribution in [2.24, 2.45) is 0 Å². The number of carboxylic acid groups (broad SMARTS) is 1. The van der Waals surface area contributed by atoms with Crippen LogP contribution in [0, 0.1) is 6.92 Å². The van der Waals surface area contributed by atoms with Crippen LogP contribution in [0.2, 0.25) is 0 Å². The van der Waals surface area contributed by atoms with Crippen molar-refractivity contribution in [3.05, 3.63) is 63.4 Å². The lowest BCUT2D eigenvalue weighted by molar-refractivity contribution is 0.0649. The number of carbonyl (C=O) groups is 1. The molecule has 0 unspecified atom stereocenters. The normalized spacial score (nSPS) is 15.1. The molecule has 8 nitrogen and oxygen atoms in total. The van der Waals surface area contributed by atoms with Crippen LogP contribution in [0.5, 0.6) is 0 Å². The molecule has 1 fully saturated rings. The number of aromatic carboxylic acids is 1. The minimum Gasteiger partial charge on any atom is -0.478 e. The van der Waals surface area contributed by atoms with Gasteiger partial charge in [-0.2, -0.15) is 8.78 Å². The Labute approximate surface area is 188 Å². The first-order valence-electron chi connectivity index (χ1n) is 10.5. The van der Waals surface area contributed by atoms with Gasteiger partial charge in [-0.15, -0.1) is 0 Å². The third kappa shape index (κ3) is 4.38. The van der Waals surface area contributed by atoms with E-state index in [1.54, 1.807) is 36.1 Å². The van der Waals surface area contributed by atoms with Gasteiger partial charge in [0.05, 0.1) is 35.7 Å². The van der Waals surface area contributed by atoms with Gasteiger partial charge in [-0.25, -0.2) is 14.3 Å². The van der Waals surface area contributed by atoms with Crippen molar-refractivity contribution in [2.45, 2.75) is 26.4 Å². The van der Waals surface area contributed by atoms with Gasteiger partial charge < -0.3 is 20.1 Å². The number of hydrogen-bond acceptors (Lipinski definition) is 6. The molecule has 2 heterocycles. The Bertz CT molecular complexity index is 1260. The zero-order valence-electron chi connectivity index (χ0n) is 18.2. The highest BCUT2D eigenvalue weighted by molar-refractivity contribution is 5.94. The van der Waals surface area contributed by atoms with Crippen LogP contribution in [-0.4, -0.2) is 46.9 Å². The number of halogens is 2. The van der Waals surface area contributed by atoms with Crippen LogP contribution >= 0.6 is 0 Å². The molecule has 174 valence electrons. The van der Waals surface area contributed by atoms with Gasteiger partial charge in [-0.3, -0.25) is 4.79 Å². The number of alkyl halides is 2. The molecule has 0 saturated carbocycles. The molecule has 1 aliphatic heterocycles. The number of aromatic nitrogens is 2. The first-order chi connectivity index (χ1) is 15.8. The summed E-state index contributed by atoms with van der Waals surface area (Å²) >= 11 is 0. The summed E-state index contributed by atoms with van der Waals surface area (Å²) in [5.41, 5.74) is 1.30. The number of nitrogens with zero attached hydrogens (tertiary/aromatic N) is 3. The van der Waals surface area contributed by atoms with Gasteiger partial charge in [0.2, 0.25) is 5.95 Å². The fourth-order valence-electron chi connectivity index (χ4n) is 4.07. The van der Waals surface area contributed by atoms with Crippen molar-refractivity contribution in [2.75, 3.05) is 36.5 Å². The summed E-state index contributed by atoms with van der Waals surface area (Å²) in [6, 6.07) is 9.39. The van der Waals surface area contributed by atoms with E-state index in [-0.39, 0.29) is 16.9 Å². The topological polar surface area (TPSA) is 96.7 Å². The smallest absolute Gasteiger partial charge is 0.337 e. The fraction of sp³-hybridized carbons (Fsp3) is 0.348. The molecule has 0 bridgehead atoms. The number of nitrogens with one attached hydrogen (secondary N) is 1. The largest absolute Gasteiger partial charge is 0.478 e. The van der Waals surface area contributed by atoms with Crippen LogP contribution in [0.3, 0.4) is 0 Å². The van der Waals surface area contributed by atoms with Gasteiger partial charge in [0, 0.05) is 24.3 Å². The molecule has 1 aromatic heterocycles. The average molecular weight is 458 g/mol. The monoisotopic (exact) mass is 458 g/mol. The maximum absolute atomic E-state index is 13.9. The van der Waals surface area contributed by atoms with Crippen molar-refractivity contribution in [3.8, 4) is 0 Å². The van der Waals surface area contributed by atoms with Gasteiger partial charge in [0.1, 0.15) is 0 Å². The van der Waals surface area contributed by atoms with E-state index >= 15 is 0 Å². The highest BCUT2D eigenvalue weighted by Gasteiger charge is 2.26. The summed E-state index contributed by atoms with van der Waals surface area (Å²) in [6.45, 7) is 1.90. The molecule has 10 heteroatoms. The van der Waals surface area contributed by atoms with E-state index in [0.29, 0.717) is 53.2 Å². The Hall–Kier alpha value is -3.53. The zero-order valence-corrected chi connectivity index (χ0v) is 18.2. The molecule has 33 heavy (non-hydrogen) atoms. The van der Waals surface area contributed by atoms with Gasteiger partial charge in [0.15, 0.2) is 0 Å². The second kappa shape index (κ2) is 9.14. The Morgan fingerprint density at radius 3 is 2.58 bits per heavy atom. The zero-order chi connectivity index (χ0) is 23.7. The molecular weight excluding hydrogens is 434 g/mol. The number of para-hydroxylation sites is 1. The summed E-state index contributed by atoms with van der Waals surface area (Å²) in [5.74, 6) is -1.18. The van der Waals surface area contributed by atoms with E-state index < -0.39 is 24.1 Å². The maximum Gasteiger partial charge on any atom is 0.337 e. The van der Waals surface area contributed by atoms with Crippen molar-refractivity contribution in [1.29, 1.82) is 0 Å². The summed E-state index contributed by atoms with van der Waals surface area (Å²) in [6.07, 6.45) is 0. The maximum atomic E-state index is 13.9. The van der Waals surface area contributed by atoms with E-state index in [1.165, 1.54) is 6.07 Å². The first kappa shape index (κ1) is 22.7. The van der Waals surface area contributed by atoms with Gasteiger partial charge in [0.25, 0.3) is 5.56 Å². The van der Waals surface area contributed by atoms with Crippen LogP contribution in [0.4, 0.5) is 20.4 Å². The standard InChI is InChI=1S/C23H24F2N4O4/c1-13-11-16(14(2)26-18-6-4-3-5-15(18)21(31)32)19-17(12-13)20(30)29(22(24)25)23(27-19)28-7-9-33-10-8-28/h3-6,11-12,14,22,26H,7-10H2,1-2H3,(H,31,32)/t14-/m1/s1. The predicted octanol–water partition coefficient (Wildman–Crippen LogP) is 3.81. The number of carboxylic acids is 1. The van der Waals surface area contributed by atoms with Crippen LogP contribution in [0.15, 0.2) is 41.2 Å². The van der Waals surface area contributed by atoms with E-state index in [9.17, 15) is 23.5 Å². The highest BCUT2D eigenvalue weighted by atomic mass is 19.3. The molecule has 4 rings (SSSR count). The molecule has 0 amide bonds. The summed E-state index contributed by atoms with van der Waals surface area (Å²) < 4.78 is 33.6. The fourth-order valence-corrected chi connectivity index (χ4v) is 4.07. The molecule has 3 aromatic rings. The summed E-state index contributed by atoms with van der Waals surface area (Å²) in [7, 11) is 0. The molecule has 0 aliphatic carbocycles. The third-order valence-electron chi connectivity index (χ3n) is 5.65. The molecule has 1 atom stereocenters.